The van der Waals surface area contributed by atoms with Gasteiger partial charge in [0, 0.05) is 6.54 Å². The lowest BCUT2D eigenvalue weighted by Gasteiger charge is -2.10. The van der Waals surface area contributed by atoms with Gasteiger partial charge < -0.3 is 5.32 Å². The van der Waals surface area contributed by atoms with Crippen molar-refractivity contribution in [2.45, 2.75) is 13.1 Å². The highest BCUT2D eigenvalue weighted by atomic mass is 19.4. The highest BCUT2D eigenvalue weighted by Gasteiger charge is 2.31. The molecule has 0 fully saturated rings. The van der Waals surface area contributed by atoms with Crippen molar-refractivity contribution in [3.63, 3.8) is 0 Å². The standard InChI is InChI=1S/C12H10F4N2O/c1-7(5-17)6-18-11(19)9-4-8(12(14,15)16)2-3-10(9)13/h2-4,7H,6H2,1H3,(H,18,19). The molecule has 3 nitrogen and oxygen atoms in total. The van der Waals surface area contributed by atoms with E-state index in [0.29, 0.717) is 18.2 Å². The van der Waals surface area contributed by atoms with Crippen molar-refractivity contribution < 1.29 is 22.4 Å². The van der Waals surface area contributed by atoms with E-state index in [4.69, 9.17) is 5.26 Å². The molecule has 0 saturated heterocycles. The Hall–Kier alpha value is -2.10. The summed E-state index contributed by atoms with van der Waals surface area (Å²) in [6.07, 6.45) is -4.65. The molecular formula is C12H10F4N2O. The molecule has 0 bridgehead atoms. The van der Waals surface area contributed by atoms with E-state index in [1.165, 1.54) is 6.92 Å². The number of nitriles is 1. The maximum Gasteiger partial charge on any atom is 0.416 e. The summed E-state index contributed by atoms with van der Waals surface area (Å²) in [5.41, 5.74) is -1.80. The van der Waals surface area contributed by atoms with Gasteiger partial charge in [0.1, 0.15) is 5.82 Å². The number of nitrogens with one attached hydrogen (secondary N) is 1. The molecule has 0 saturated carbocycles. The van der Waals surface area contributed by atoms with E-state index >= 15 is 0 Å². The van der Waals surface area contributed by atoms with Crippen molar-refractivity contribution in [1.82, 2.24) is 5.32 Å². The molecule has 0 aliphatic rings. The summed E-state index contributed by atoms with van der Waals surface area (Å²) in [4.78, 5) is 11.5. The zero-order chi connectivity index (χ0) is 14.6. The zero-order valence-corrected chi connectivity index (χ0v) is 9.88. The molecule has 1 N–H and O–H groups in total. The fraction of sp³-hybridized carbons (Fsp3) is 0.333. The van der Waals surface area contributed by atoms with Crippen LogP contribution in [0.5, 0.6) is 0 Å². The zero-order valence-electron chi connectivity index (χ0n) is 9.88. The lowest BCUT2D eigenvalue weighted by Crippen LogP contribution is -2.28. The van der Waals surface area contributed by atoms with Gasteiger partial charge in [0.05, 0.1) is 23.1 Å². The van der Waals surface area contributed by atoms with Gasteiger partial charge in [-0.15, -0.1) is 0 Å². The number of hydrogen-bond donors (Lipinski definition) is 1. The minimum Gasteiger partial charge on any atom is -0.351 e. The van der Waals surface area contributed by atoms with E-state index in [-0.39, 0.29) is 6.54 Å². The second-order valence-electron chi connectivity index (χ2n) is 3.93. The molecule has 1 aromatic carbocycles. The molecule has 102 valence electrons. The molecule has 0 aliphatic heterocycles. The number of nitrogens with zero attached hydrogens (tertiary/aromatic N) is 1. The van der Waals surface area contributed by atoms with Gasteiger partial charge in [-0.25, -0.2) is 4.39 Å². The molecule has 19 heavy (non-hydrogen) atoms. The highest BCUT2D eigenvalue weighted by Crippen LogP contribution is 2.30. The van der Waals surface area contributed by atoms with Gasteiger partial charge in [0.2, 0.25) is 0 Å². The van der Waals surface area contributed by atoms with Crippen LogP contribution in [0.3, 0.4) is 0 Å². The van der Waals surface area contributed by atoms with Crippen LogP contribution < -0.4 is 5.32 Å². The van der Waals surface area contributed by atoms with Crippen molar-refractivity contribution >= 4 is 5.91 Å². The quantitative estimate of drug-likeness (QED) is 0.862. The number of carbonyl (C=O) groups excluding carboxylic acids is 1. The topological polar surface area (TPSA) is 52.9 Å². The highest BCUT2D eigenvalue weighted by molar-refractivity contribution is 5.94. The molecule has 0 radical (unpaired) electrons. The Morgan fingerprint density at radius 2 is 2.11 bits per heavy atom. The van der Waals surface area contributed by atoms with Crippen LogP contribution in [0.1, 0.15) is 22.8 Å². The molecule has 0 heterocycles. The van der Waals surface area contributed by atoms with Gasteiger partial charge in [0.25, 0.3) is 5.91 Å². The van der Waals surface area contributed by atoms with Gasteiger partial charge in [0.15, 0.2) is 0 Å². The van der Waals surface area contributed by atoms with Crippen LogP contribution in [-0.2, 0) is 6.18 Å². The van der Waals surface area contributed by atoms with E-state index < -0.39 is 34.9 Å². The molecule has 0 aromatic heterocycles. The number of alkyl halides is 3. The monoisotopic (exact) mass is 274 g/mol. The smallest absolute Gasteiger partial charge is 0.351 e. The maximum atomic E-state index is 13.3. The van der Waals surface area contributed by atoms with Crippen molar-refractivity contribution in [2.75, 3.05) is 6.54 Å². The van der Waals surface area contributed by atoms with E-state index in [1.54, 1.807) is 0 Å². The molecule has 1 aromatic rings. The first-order valence-corrected chi connectivity index (χ1v) is 5.30. The number of carbonyl (C=O) groups is 1. The van der Waals surface area contributed by atoms with Crippen LogP contribution in [-0.4, -0.2) is 12.5 Å². The fourth-order valence-corrected chi connectivity index (χ4v) is 1.26. The number of amides is 1. The molecular weight excluding hydrogens is 264 g/mol. The normalized spacial score (nSPS) is 12.6. The Labute approximate surface area is 106 Å². The first kappa shape index (κ1) is 15.0. The summed E-state index contributed by atoms with van der Waals surface area (Å²) >= 11 is 0. The number of rotatable bonds is 3. The Morgan fingerprint density at radius 3 is 2.63 bits per heavy atom. The molecule has 1 atom stereocenters. The van der Waals surface area contributed by atoms with Crippen LogP contribution in [0.15, 0.2) is 18.2 Å². The molecule has 1 unspecified atom stereocenters. The van der Waals surface area contributed by atoms with E-state index in [0.717, 1.165) is 0 Å². The summed E-state index contributed by atoms with van der Waals surface area (Å²) in [5, 5.41) is 10.7. The third-order valence-electron chi connectivity index (χ3n) is 2.33. The Kier molecular flexibility index (Phi) is 4.48. The average molecular weight is 274 g/mol. The van der Waals surface area contributed by atoms with Crippen LogP contribution in [0.4, 0.5) is 17.6 Å². The summed E-state index contributed by atoms with van der Waals surface area (Å²) in [6, 6.07) is 3.43. The van der Waals surface area contributed by atoms with Crippen LogP contribution in [0.25, 0.3) is 0 Å². The maximum absolute atomic E-state index is 13.3. The van der Waals surface area contributed by atoms with Gasteiger partial charge in [-0.1, -0.05) is 0 Å². The summed E-state index contributed by atoms with van der Waals surface area (Å²) in [5.74, 6) is -2.54. The Morgan fingerprint density at radius 1 is 1.47 bits per heavy atom. The van der Waals surface area contributed by atoms with Crippen molar-refractivity contribution in [3.05, 3.63) is 35.1 Å². The third-order valence-corrected chi connectivity index (χ3v) is 2.33. The van der Waals surface area contributed by atoms with Gasteiger partial charge in [-0.2, -0.15) is 18.4 Å². The number of benzene rings is 1. The van der Waals surface area contributed by atoms with Crippen molar-refractivity contribution in [2.24, 2.45) is 5.92 Å². The molecule has 0 aliphatic carbocycles. The third kappa shape index (κ3) is 3.95. The van der Waals surface area contributed by atoms with Crippen molar-refractivity contribution in [1.29, 1.82) is 5.26 Å². The Balaban J connectivity index is 2.94. The fourth-order valence-electron chi connectivity index (χ4n) is 1.26. The van der Waals surface area contributed by atoms with E-state index in [9.17, 15) is 22.4 Å². The predicted octanol–water partition coefficient (Wildman–Crippen LogP) is 2.73. The number of halogens is 4. The first-order valence-electron chi connectivity index (χ1n) is 5.30. The first-order chi connectivity index (χ1) is 8.75. The molecule has 1 amide bonds. The lowest BCUT2D eigenvalue weighted by atomic mass is 10.1. The molecule has 1 rings (SSSR count). The van der Waals surface area contributed by atoms with Crippen molar-refractivity contribution in [3.8, 4) is 6.07 Å². The van der Waals surface area contributed by atoms with Crippen LogP contribution in [0.2, 0.25) is 0 Å². The lowest BCUT2D eigenvalue weighted by molar-refractivity contribution is -0.137. The summed E-state index contributed by atoms with van der Waals surface area (Å²) in [7, 11) is 0. The predicted molar refractivity (Wildman–Crippen MR) is 58.5 cm³/mol. The van der Waals surface area contributed by atoms with Gasteiger partial charge in [-0.3, -0.25) is 4.79 Å². The summed E-state index contributed by atoms with van der Waals surface area (Å²) < 4.78 is 50.6. The molecule has 0 spiro atoms. The Bertz CT molecular complexity index is 519. The second-order valence-corrected chi connectivity index (χ2v) is 3.93. The molecule has 7 heteroatoms. The second kappa shape index (κ2) is 5.69. The van der Waals surface area contributed by atoms with Gasteiger partial charge in [-0.05, 0) is 25.1 Å². The van der Waals surface area contributed by atoms with Crippen LogP contribution >= 0.6 is 0 Å². The number of hydrogen-bond acceptors (Lipinski definition) is 2. The van der Waals surface area contributed by atoms with Gasteiger partial charge >= 0.3 is 6.18 Å². The van der Waals surface area contributed by atoms with E-state index in [2.05, 4.69) is 5.32 Å². The minimum atomic E-state index is -4.65. The van der Waals surface area contributed by atoms with E-state index in [1.807, 2.05) is 6.07 Å². The SMILES string of the molecule is CC(C#N)CNC(=O)c1cc(C(F)(F)F)ccc1F. The largest absolute Gasteiger partial charge is 0.416 e. The minimum absolute atomic E-state index is 0.0645. The summed E-state index contributed by atoms with van der Waals surface area (Å²) in [6.45, 7) is 1.45. The van der Waals surface area contributed by atoms with Crippen LogP contribution in [0, 0.1) is 23.1 Å². The average Bonchev–Trinajstić information content (AvgIpc) is 2.34.